The van der Waals surface area contributed by atoms with Gasteiger partial charge in [0.1, 0.15) is 5.75 Å². The Kier molecular flexibility index (Phi) is 7.25. The summed E-state index contributed by atoms with van der Waals surface area (Å²) in [5.41, 5.74) is 2.74. The summed E-state index contributed by atoms with van der Waals surface area (Å²) in [5, 5.41) is 6.86. The van der Waals surface area contributed by atoms with Crippen LogP contribution in [-0.2, 0) is 17.7 Å². The second-order valence-corrected chi connectivity index (χ2v) is 9.49. The van der Waals surface area contributed by atoms with Crippen LogP contribution < -0.4 is 4.74 Å². The summed E-state index contributed by atoms with van der Waals surface area (Å²) < 4.78 is 14.2. The Labute approximate surface area is 209 Å². The Balaban J connectivity index is 1.56. The van der Waals surface area contributed by atoms with Crippen LogP contribution in [0.25, 0.3) is 5.69 Å². The normalized spacial score (nSPS) is 15.3. The molecule has 0 bridgehead atoms. The summed E-state index contributed by atoms with van der Waals surface area (Å²) in [4.78, 5) is 16.2. The van der Waals surface area contributed by atoms with Gasteiger partial charge in [0, 0.05) is 13.2 Å². The molecule has 0 unspecified atom stereocenters. The average molecular weight is 488 g/mol. The fraction of sp³-hybridized carbons (Fsp3) is 0.286. The van der Waals surface area contributed by atoms with Gasteiger partial charge in [-0.15, -0.1) is 11.3 Å². The van der Waals surface area contributed by atoms with E-state index in [0.29, 0.717) is 19.0 Å². The first-order valence-corrected chi connectivity index (χ1v) is 12.9. The molecule has 0 aliphatic carbocycles. The van der Waals surface area contributed by atoms with Crippen molar-refractivity contribution < 1.29 is 14.3 Å². The van der Waals surface area contributed by atoms with Gasteiger partial charge in [0.05, 0.1) is 34.5 Å². The van der Waals surface area contributed by atoms with E-state index >= 15 is 0 Å². The maximum Gasteiger partial charge on any atom is 0.264 e. The van der Waals surface area contributed by atoms with E-state index in [0.717, 1.165) is 53.4 Å². The number of aryl methyl sites for hydroxylation is 1. The van der Waals surface area contributed by atoms with E-state index in [4.69, 9.17) is 14.6 Å². The third kappa shape index (κ3) is 5.31. The minimum absolute atomic E-state index is 0.00988. The predicted octanol–water partition coefficient (Wildman–Crippen LogP) is 6.11. The van der Waals surface area contributed by atoms with Crippen molar-refractivity contribution in [3.8, 4) is 17.3 Å². The molecule has 7 heteroatoms. The molecular formula is C28H29N3O3S. The Hall–Kier alpha value is -3.42. The van der Waals surface area contributed by atoms with Crippen LogP contribution in [0.5, 0.6) is 11.6 Å². The standard InChI is InChI=1S/C28H29N3O3S/c1-2-25-24(20-30(19-23-15-9-17-33-23)27(32)26-16-10-18-35-26)28(34-22-13-7-4-8-14-22)31(29-25)21-11-5-3-6-12-21/h3-8,10-14,16,18,23H,2,9,15,17,19-20H2,1H3/t23-/m1/s1. The molecule has 1 atom stereocenters. The Morgan fingerprint density at radius 1 is 1.11 bits per heavy atom. The fourth-order valence-corrected chi connectivity index (χ4v) is 5.06. The average Bonchev–Trinajstić information content (AvgIpc) is 3.67. The summed E-state index contributed by atoms with van der Waals surface area (Å²) in [6.45, 7) is 3.77. The third-order valence-electron chi connectivity index (χ3n) is 6.13. The van der Waals surface area contributed by atoms with Gasteiger partial charge in [0.15, 0.2) is 0 Å². The molecule has 0 spiro atoms. The smallest absolute Gasteiger partial charge is 0.264 e. The monoisotopic (exact) mass is 487 g/mol. The molecule has 1 saturated heterocycles. The van der Waals surface area contributed by atoms with Crippen molar-refractivity contribution in [1.29, 1.82) is 0 Å². The van der Waals surface area contributed by atoms with E-state index in [9.17, 15) is 4.79 Å². The molecule has 2 aromatic heterocycles. The largest absolute Gasteiger partial charge is 0.439 e. The summed E-state index contributed by atoms with van der Waals surface area (Å²) in [5.74, 6) is 1.37. The van der Waals surface area contributed by atoms with Gasteiger partial charge < -0.3 is 14.4 Å². The lowest BCUT2D eigenvalue weighted by molar-refractivity contribution is 0.0509. The van der Waals surface area contributed by atoms with Crippen LogP contribution in [0.1, 0.15) is 40.7 Å². The molecule has 1 aliphatic rings. The van der Waals surface area contributed by atoms with Crippen molar-refractivity contribution >= 4 is 17.2 Å². The first-order chi connectivity index (χ1) is 17.2. The van der Waals surface area contributed by atoms with Crippen LogP contribution in [0, 0.1) is 0 Å². The number of amides is 1. The SMILES string of the molecule is CCc1nn(-c2ccccc2)c(Oc2ccccc2)c1CN(C[C@H]1CCCO1)C(=O)c1cccs1. The number of rotatable bonds is 9. The van der Waals surface area contributed by atoms with Crippen molar-refractivity contribution in [2.24, 2.45) is 0 Å². The van der Waals surface area contributed by atoms with E-state index in [1.807, 2.05) is 87.8 Å². The van der Waals surface area contributed by atoms with Crippen molar-refractivity contribution in [2.45, 2.75) is 38.8 Å². The highest BCUT2D eigenvalue weighted by Gasteiger charge is 2.28. The Morgan fingerprint density at radius 3 is 2.54 bits per heavy atom. The molecule has 1 fully saturated rings. The van der Waals surface area contributed by atoms with Crippen molar-refractivity contribution in [2.75, 3.05) is 13.2 Å². The first kappa shape index (κ1) is 23.3. The fourth-order valence-electron chi connectivity index (χ4n) is 4.37. The maximum atomic E-state index is 13.6. The van der Waals surface area contributed by atoms with E-state index in [2.05, 4.69) is 6.92 Å². The molecule has 5 rings (SSSR count). The lowest BCUT2D eigenvalue weighted by Gasteiger charge is -2.25. The van der Waals surface area contributed by atoms with Gasteiger partial charge in [-0.05, 0) is 55.0 Å². The molecule has 0 saturated carbocycles. The third-order valence-corrected chi connectivity index (χ3v) is 6.99. The van der Waals surface area contributed by atoms with Crippen LogP contribution in [-0.4, -0.2) is 39.8 Å². The molecule has 6 nitrogen and oxygen atoms in total. The second-order valence-electron chi connectivity index (χ2n) is 8.54. The summed E-state index contributed by atoms with van der Waals surface area (Å²) >= 11 is 1.46. The number of thiophene rings is 1. The molecule has 1 amide bonds. The quantitative estimate of drug-likeness (QED) is 0.286. The molecule has 0 N–H and O–H groups in total. The van der Waals surface area contributed by atoms with E-state index in [1.54, 1.807) is 0 Å². The van der Waals surface area contributed by atoms with Gasteiger partial charge in [-0.1, -0.05) is 49.4 Å². The number of ether oxygens (including phenoxy) is 2. The molecule has 2 aromatic carbocycles. The van der Waals surface area contributed by atoms with Gasteiger partial charge in [-0.25, -0.2) is 4.68 Å². The molecule has 4 aromatic rings. The van der Waals surface area contributed by atoms with Gasteiger partial charge in [0.2, 0.25) is 5.88 Å². The van der Waals surface area contributed by atoms with E-state index < -0.39 is 0 Å². The number of benzene rings is 2. The number of nitrogens with zero attached hydrogens (tertiary/aromatic N) is 3. The lowest BCUT2D eigenvalue weighted by atomic mass is 10.1. The summed E-state index contributed by atoms with van der Waals surface area (Å²) in [7, 11) is 0. The Bertz CT molecular complexity index is 1230. The summed E-state index contributed by atoms with van der Waals surface area (Å²) in [6.07, 6.45) is 2.76. The maximum absolute atomic E-state index is 13.6. The predicted molar refractivity (Wildman–Crippen MR) is 137 cm³/mol. The number of hydrogen-bond donors (Lipinski definition) is 0. The van der Waals surface area contributed by atoms with Crippen LogP contribution >= 0.6 is 11.3 Å². The molecule has 1 aliphatic heterocycles. The number of hydrogen-bond acceptors (Lipinski definition) is 5. The highest BCUT2D eigenvalue weighted by atomic mass is 32.1. The molecule has 35 heavy (non-hydrogen) atoms. The van der Waals surface area contributed by atoms with Crippen molar-refractivity contribution in [1.82, 2.24) is 14.7 Å². The summed E-state index contributed by atoms with van der Waals surface area (Å²) in [6, 6.07) is 23.5. The first-order valence-electron chi connectivity index (χ1n) is 12.1. The molecule has 3 heterocycles. The van der Waals surface area contributed by atoms with Crippen LogP contribution in [0.2, 0.25) is 0 Å². The minimum Gasteiger partial charge on any atom is -0.439 e. The lowest BCUT2D eigenvalue weighted by Crippen LogP contribution is -2.36. The molecular weight excluding hydrogens is 458 g/mol. The van der Waals surface area contributed by atoms with E-state index in [-0.39, 0.29) is 12.0 Å². The highest BCUT2D eigenvalue weighted by molar-refractivity contribution is 7.12. The van der Waals surface area contributed by atoms with Gasteiger partial charge in [-0.3, -0.25) is 4.79 Å². The van der Waals surface area contributed by atoms with E-state index in [1.165, 1.54) is 11.3 Å². The molecule has 0 radical (unpaired) electrons. The number of aromatic nitrogens is 2. The van der Waals surface area contributed by atoms with Gasteiger partial charge in [0.25, 0.3) is 5.91 Å². The number of carbonyl (C=O) groups excluding carboxylic acids is 1. The zero-order valence-corrected chi connectivity index (χ0v) is 20.6. The Morgan fingerprint density at radius 2 is 1.89 bits per heavy atom. The zero-order chi connectivity index (χ0) is 24.0. The minimum atomic E-state index is 0.00988. The highest BCUT2D eigenvalue weighted by Crippen LogP contribution is 2.33. The van der Waals surface area contributed by atoms with Gasteiger partial charge in [-0.2, -0.15) is 5.10 Å². The van der Waals surface area contributed by atoms with Crippen molar-refractivity contribution in [3.63, 3.8) is 0 Å². The zero-order valence-electron chi connectivity index (χ0n) is 19.8. The topological polar surface area (TPSA) is 56.6 Å². The number of carbonyl (C=O) groups is 1. The van der Waals surface area contributed by atoms with Crippen LogP contribution in [0.3, 0.4) is 0 Å². The van der Waals surface area contributed by atoms with Crippen LogP contribution in [0.15, 0.2) is 78.2 Å². The molecule has 180 valence electrons. The number of para-hydroxylation sites is 2. The second kappa shape index (κ2) is 10.9. The van der Waals surface area contributed by atoms with Crippen LogP contribution in [0.4, 0.5) is 0 Å². The van der Waals surface area contributed by atoms with Gasteiger partial charge >= 0.3 is 0 Å². The van der Waals surface area contributed by atoms with Crippen molar-refractivity contribution in [3.05, 3.63) is 94.3 Å².